The Morgan fingerprint density at radius 2 is 1.93 bits per heavy atom. The number of nitrogens with one attached hydrogen (secondary N) is 2. The second-order valence-electron chi connectivity index (χ2n) is 6.66. The highest BCUT2D eigenvalue weighted by Crippen LogP contribution is 2.19. The minimum atomic E-state index is -0.738. The molecule has 0 aliphatic carbocycles. The first kappa shape index (κ1) is 23.0. The van der Waals surface area contributed by atoms with Crippen molar-refractivity contribution in [2.45, 2.75) is 38.4 Å². The molecule has 0 saturated heterocycles. The molecule has 1 aromatic carbocycles. The maximum absolute atomic E-state index is 12.8. The smallest absolute Gasteiger partial charge is 0.272 e. The fraction of sp³-hybridized carbons (Fsp3) is 0.400. The molecular weight excluding hydrogens is 412 g/mol. The molecule has 1 heterocycles. The molecule has 1 aromatic heterocycles. The zero-order valence-corrected chi connectivity index (χ0v) is 18.4. The Labute approximate surface area is 180 Å². The summed E-state index contributed by atoms with van der Waals surface area (Å²) in [5, 5.41) is 6.18. The molecule has 0 aliphatic heterocycles. The van der Waals surface area contributed by atoms with Crippen molar-refractivity contribution in [2.24, 2.45) is 5.92 Å². The number of hydrogen-bond acceptors (Lipinski definition) is 6. The molecule has 1 atom stereocenters. The van der Waals surface area contributed by atoms with E-state index in [1.165, 1.54) is 18.0 Å². The minimum absolute atomic E-state index is 0.0589. The molecule has 2 amide bonds. The maximum atomic E-state index is 12.8. The van der Waals surface area contributed by atoms with Crippen molar-refractivity contribution in [1.82, 2.24) is 15.3 Å². The molecule has 2 N–H and O–H groups in total. The predicted molar refractivity (Wildman–Crippen MR) is 116 cm³/mol. The third-order valence-corrected chi connectivity index (χ3v) is 4.92. The molecule has 0 spiro atoms. The summed E-state index contributed by atoms with van der Waals surface area (Å²) in [6.45, 7) is 5.92. The molecule has 7 nitrogen and oxygen atoms in total. The lowest BCUT2D eigenvalue weighted by Gasteiger charge is -2.20. The topological polar surface area (TPSA) is 93.2 Å². The number of halogens is 1. The molecule has 29 heavy (non-hydrogen) atoms. The average Bonchev–Trinajstić information content (AvgIpc) is 2.69. The Bertz CT molecular complexity index is 846. The molecule has 0 unspecified atom stereocenters. The summed E-state index contributed by atoms with van der Waals surface area (Å²) in [5.41, 5.74) is 0.670. The van der Waals surface area contributed by atoms with Crippen molar-refractivity contribution < 1.29 is 14.3 Å². The maximum Gasteiger partial charge on any atom is 0.272 e. The first-order chi connectivity index (χ1) is 13.8. The van der Waals surface area contributed by atoms with Gasteiger partial charge in [-0.15, -0.1) is 0 Å². The normalized spacial score (nSPS) is 11.8. The van der Waals surface area contributed by atoms with Crippen LogP contribution >= 0.6 is 23.4 Å². The molecule has 9 heteroatoms. The number of carbonyl (C=O) groups is 2. The SMILES string of the molecule is CCSc1ncc(Cl)c(C(=O)N[C@H](CC(C)C)C(=O)Nc2ccc(OC)cc2)n1. The number of benzene rings is 1. The van der Waals surface area contributed by atoms with Crippen molar-refractivity contribution in [3.63, 3.8) is 0 Å². The Morgan fingerprint density at radius 1 is 1.24 bits per heavy atom. The van der Waals surface area contributed by atoms with Crippen LogP contribution < -0.4 is 15.4 Å². The average molecular weight is 437 g/mol. The van der Waals surface area contributed by atoms with Gasteiger partial charge in [-0.05, 0) is 42.4 Å². The van der Waals surface area contributed by atoms with Gasteiger partial charge in [0.15, 0.2) is 10.9 Å². The summed E-state index contributed by atoms with van der Waals surface area (Å²) in [7, 11) is 1.57. The van der Waals surface area contributed by atoms with E-state index in [9.17, 15) is 9.59 Å². The van der Waals surface area contributed by atoms with E-state index in [2.05, 4.69) is 20.6 Å². The Hall–Kier alpha value is -2.32. The van der Waals surface area contributed by atoms with Gasteiger partial charge in [-0.1, -0.05) is 44.1 Å². The molecule has 0 fully saturated rings. The minimum Gasteiger partial charge on any atom is -0.497 e. The van der Waals surface area contributed by atoms with Crippen molar-refractivity contribution in [1.29, 1.82) is 0 Å². The third-order valence-electron chi connectivity index (χ3n) is 3.90. The van der Waals surface area contributed by atoms with Crippen LogP contribution in [0.4, 0.5) is 5.69 Å². The lowest BCUT2D eigenvalue weighted by Crippen LogP contribution is -2.45. The number of carbonyl (C=O) groups excluding carboxylic acids is 2. The number of ether oxygens (including phenoxy) is 1. The van der Waals surface area contributed by atoms with Gasteiger partial charge in [-0.3, -0.25) is 9.59 Å². The molecule has 0 saturated carbocycles. The van der Waals surface area contributed by atoms with Crippen LogP contribution in [0.1, 0.15) is 37.7 Å². The van der Waals surface area contributed by atoms with Crippen LogP contribution in [0.2, 0.25) is 5.02 Å². The van der Waals surface area contributed by atoms with E-state index >= 15 is 0 Å². The Balaban J connectivity index is 2.15. The van der Waals surface area contributed by atoms with Crippen molar-refractivity contribution in [3.05, 3.63) is 41.2 Å². The van der Waals surface area contributed by atoms with Gasteiger partial charge < -0.3 is 15.4 Å². The molecule has 156 valence electrons. The van der Waals surface area contributed by atoms with Crippen LogP contribution in [0.5, 0.6) is 5.75 Å². The number of methoxy groups -OCH3 is 1. The van der Waals surface area contributed by atoms with Gasteiger partial charge in [-0.25, -0.2) is 9.97 Å². The van der Waals surface area contributed by atoms with E-state index in [0.29, 0.717) is 23.0 Å². The zero-order chi connectivity index (χ0) is 21.4. The molecular formula is C20H25ClN4O3S. The Morgan fingerprint density at radius 3 is 2.52 bits per heavy atom. The summed E-state index contributed by atoms with van der Waals surface area (Å²) in [6, 6.07) is 6.23. The number of amides is 2. The molecule has 0 radical (unpaired) electrons. The number of hydrogen-bond donors (Lipinski definition) is 2. The number of nitrogens with zero attached hydrogens (tertiary/aromatic N) is 2. The van der Waals surface area contributed by atoms with Gasteiger partial charge in [0, 0.05) is 5.69 Å². The molecule has 0 bridgehead atoms. The number of aromatic nitrogens is 2. The summed E-state index contributed by atoms with van der Waals surface area (Å²) in [6.07, 6.45) is 1.86. The number of rotatable bonds is 9. The van der Waals surface area contributed by atoms with Gasteiger partial charge in [0.1, 0.15) is 11.8 Å². The van der Waals surface area contributed by atoms with Gasteiger partial charge >= 0.3 is 0 Å². The quantitative estimate of drug-likeness (QED) is 0.455. The molecule has 2 rings (SSSR count). The first-order valence-corrected chi connectivity index (χ1v) is 10.6. The van der Waals surface area contributed by atoms with Crippen LogP contribution in [-0.2, 0) is 4.79 Å². The summed E-state index contributed by atoms with van der Waals surface area (Å²) >= 11 is 7.52. The third kappa shape index (κ3) is 6.90. The predicted octanol–water partition coefficient (Wildman–Crippen LogP) is 4.03. The first-order valence-electron chi connectivity index (χ1n) is 9.25. The lowest BCUT2D eigenvalue weighted by atomic mass is 10.0. The van der Waals surface area contributed by atoms with Crippen molar-refractivity contribution in [3.8, 4) is 5.75 Å². The van der Waals surface area contributed by atoms with E-state index in [1.807, 2.05) is 20.8 Å². The summed E-state index contributed by atoms with van der Waals surface area (Å²) in [5.74, 6) is 0.822. The monoisotopic (exact) mass is 436 g/mol. The van der Waals surface area contributed by atoms with E-state index in [4.69, 9.17) is 16.3 Å². The van der Waals surface area contributed by atoms with E-state index < -0.39 is 11.9 Å². The standard InChI is InChI=1S/C20H25ClN4O3S/c1-5-29-20-22-11-15(21)17(25-20)19(27)24-16(10-12(2)3)18(26)23-13-6-8-14(28-4)9-7-13/h6-9,11-12,16H,5,10H2,1-4H3,(H,23,26)(H,24,27)/t16-/m1/s1. The number of thioether (sulfide) groups is 1. The van der Waals surface area contributed by atoms with Crippen LogP contribution in [0.3, 0.4) is 0 Å². The van der Waals surface area contributed by atoms with Gasteiger partial charge in [0.05, 0.1) is 18.3 Å². The van der Waals surface area contributed by atoms with Gasteiger partial charge in [0.25, 0.3) is 5.91 Å². The molecule has 2 aromatic rings. The zero-order valence-electron chi connectivity index (χ0n) is 16.9. The van der Waals surface area contributed by atoms with Crippen LogP contribution in [0, 0.1) is 5.92 Å². The summed E-state index contributed by atoms with van der Waals surface area (Å²) in [4.78, 5) is 33.9. The van der Waals surface area contributed by atoms with Crippen LogP contribution in [-0.4, -0.2) is 40.7 Å². The Kier molecular flexibility index (Phi) is 8.72. The van der Waals surface area contributed by atoms with Gasteiger partial charge in [-0.2, -0.15) is 0 Å². The fourth-order valence-electron chi connectivity index (χ4n) is 2.54. The van der Waals surface area contributed by atoms with Gasteiger partial charge in [0.2, 0.25) is 5.91 Å². The van der Waals surface area contributed by atoms with Crippen LogP contribution in [0.25, 0.3) is 0 Å². The highest BCUT2D eigenvalue weighted by molar-refractivity contribution is 7.99. The largest absolute Gasteiger partial charge is 0.497 e. The van der Waals surface area contributed by atoms with Crippen LogP contribution in [0.15, 0.2) is 35.6 Å². The number of anilines is 1. The van der Waals surface area contributed by atoms with Crippen molar-refractivity contribution in [2.75, 3.05) is 18.2 Å². The summed E-state index contributed by atoms with van der Waals surface area (Å²) < 4.78 is 5.12. The van der Waals surface area contributed by atoms with Crippen molar-refractivity contribution >= 4 is 40.9 Å². The van der Waals surface area contributed by atoms with E-state index in [0.717, 1.165) is 5.75 Å². The lowest BCUT2D eigenvalue weighted by molar-refractivity contribution is -0.118. The van der Waals surface area contributed by atoms with E-state index in [-0.39, 0.29) is 22.5 Å². The highest BCUT2D eigenvalue weighted by atomic mass is 35.5. The van der Waals surface area contributed by atoms with E-state index in [1.54, 1.807) is 31.4 Å². The molecule has 0 aliphatic rings. The second kappa shape index (κ2) is 11.0. The second-order valence-corrected chi connectivity index (χ2v) is 8.29. The fourth-order valence-corrected chi connectivity index (χ4v) is 3.26. The highest BCUT2D eigenvalue weighted by Gasteiger charge is 2.25.